The molecule has 2 N–H and O–H groups in total. The van der Waals surface area contributed by atoms with Crippen LogP contribution in [0.1, 0.15) is 34.1 Å². The van der Waals surface area contributed by atoms with Crippen molar-refractivity contribution in [3.63, 3.8) is 0 Å². The van der Waals surface area contributed by atoms with E-state index >= 15 is 0 Å². The van der Waals surface area contributed by atoms with E-state index in [0.717, 1.165) is 0 Å². The van der Waals surface area contributed by atoms with E-state index in [1.54, 1.807) is 7.11 Å². The van der Waals surface area contributed by atoms with Crippen molar-refractivity contribution in [2.24, 2.45) is 16.7 Å². The maximum absolute atomic E-state index is 12.1. The van der Waals surface area contributed by atoms with Gasteiger partial charge >= 0.3 is 0 Å². The monoisotopic (exact) mass is 243 g/mol. The van der Waals surface area contributed by atoms with Gasteiger partial charge in [-0.05, 0) is 17.3 Å². The van der Waals surface area contributed by atoms with Gasteiger partial charge in [-0.25, -0.2) is 0 Å². The van der Waals surface area contributed by atoms with Crippen LogP contribution in [0.2, 0.25) is 0 Å². The summed E-state index contributed by atoms with van der Waals surface area (Å²) in [5.41, 5.74) is 0.0990. The molecular weight excluding hydrogens is 218 g/mol. The van der Waals surface area contributed by atoms with Crippen molar-refractivity contribution in [3.8, 4) is 0 Å². The zero-order chi connectivity index (χ0) is 13.3. The molecule has 1 fully saturated rings. The van der Waals surface area contributed by atoms with Crippen molar-refractivity contribution in [3.05, 3.63) is 0 Å². The van der Waals surface area contributed by atoms with Gasteiger partial charge in [-0.3, -0.25) is 4.79 Å². The average molecular weight is 243 g/mol. The van der Waals surface area contributed by atoms with E-state index < -0.39 is 0 Å². The highest BCUT2D eigenvalue weighted by atomic mass is 16.5. The summed E-state index contributed by atoms with van der Waals surface area (Å²) in [6, 6.07) is -0.0929. The number of carbonyl (C=O) groups is 1. The van der Waals surface area contributed by atoms with Gasteiger partial charge in [-0.15, -0.1) is 0 Å². The second-order valence-electron chi connectivity index (χ2n) is 6.05. The maximum atomic E-state index is 12.1. The van der Waals surface area contributed by atoms with Crippen LogP contribution in [0.3, 0.4) is 0 Å². The molecule has 1 saturated carbocycles. The number of aliphatic hydroxyl groups is 1. The van der Waals surface area contributed by atoms with Crippen molar-refractivity contribution >= 4 is 5.91 Å². The molecule has 4 heteroatoms. The smallest absolute Gasteiger partial charge is 0.224 e. The number of hydrogen-bond donors (Lipinski definition) is 2. The van der Waals surface area contributed by atoms with E-state index in [0.29, 0.717) is 13.0 Å². The summed E-state index contributed by atoms with van der Waals surface area (Å²) in [4.78, 5) is 12.1. The molecule has 100 valence electrons. The minimum Gasteiger partial charge on any atom is -0.396 e. The molecule has 0 aromatic heterocycles. The molecule has 0 heterocycles. The van der Waals surface area contributed by atoms with Gasteiger partial charge in [-0.1, -0.05) is 27.7 Å². The molecule has 1 amide bonds. The van der Waals surface area contributed by atoms with Crippen LogP contribution in [0, 0.1) is 16.7 Å². The quantitative estimate of drug-likeness (QED) is 0.736. The van der Waals surface area contributed by atoms with Gasteiger partial charge in [0.1, 0.15) is 0 Å². The lowest BCUT2D eigenvalue weighted by Gasteiger charge is -2.17. The molecule has 0 spiro atoms. The number of rotatable bonds is 6. The van der Waals surface area contributed by atoms with Crippen molar-refractivity contribution in [2.45, 2.75) is 40.2 Å². The number of ether oxygens (including phenoxy) is 1. The predicted octanol–water partition coefficient (Wildman–Crippen LogP) is 1.18. The molecule has 0 saturated heterocycles. The first-order valence-electron chi connectivity index (χ1n) is 6.19. The van der Waals surface area contributed by atoms with Crippen LogP contribution in [-0.2, 0) is 9.53 Å². The van der Waals surface area contributed by atoms with Crippen molar-refractivity contribution in [1.82, 2.24) is 5.32 Å². The van der Waals surface area contributed by atoms with Crippen LogP contribution in [0.15, 0.2) is 0 Å². The van der Waals surface area contributed by atoms with Crippen LogP contribution >= 0.6 is 0 Å². The highest BCUT2D eigenvalue weighted by Gasteiger charge is 2.68. The van der Waals surface area contributed by atoms with Crippen molar-refractivity contribution in [1.29, 1.82) is 0 Å². The zero-order valence-corrected chi connectivity index (χ0v) is 11.5. The molecule has 0 radical (unpaired) electrons. The highest BCUT2D eigenvalue weighted by Crippen LogP contribution is 2.68. The Morgan fingerprint density at radius 2 is 1.88 bits per heavy atom. The number of aliphatic hydroxyl groups excluding tert-OH is 1. The van der Waals surface area contributed by atoms with E-state index in [4.69, 9.17) is 9.84 Å². The average Bonchev–Trinajstić information content (AvgIpc) is 2.57. The minimum atomic E-state index is -0.0929. The largest absolute Gasteiger partial charge is 0.396 e. The SMILES string of the molecule is COCC(CCO)NC(=O)C1C(C)(C)C1(C)C. The molecule has 1 rings (SSSR count). The Morgan fingerprint density at radius 1 is 1.35 bits per heavy atom. The lowest BCUT2D eigenvalue weighted by Crippen LogP contribution is -2.40. The standard InChI is InChI=1S/C13H25NO3/c1-12(2)10(13(12,3)4)11(16)14-9(6-7-15)8-17-5/h9-10,15H,6-8H2,1-5H3,(H,14,16). The van der Waals surface area contributed by atoms with Gasteiger partial charge in [0.25, 0.3) is 0 Å². The van der Waals surface area contributed by atoms with Gasteiger partial charge in [0.05, 0.1) is 12.6 Å². The summed E-state index contributed by atoms with van der Waals surface area (Å²) >= 11 is 0. The Balaban J connectivity index is 2.55. The van der Waals surface area contributed by atoms with Crippen molar-refractivity contribution < 1.29 is 14.6 Å². The minimum absolute atomic E-state index is 0.0491. The van der Waals surface area contributed by atoms with E-state index in [1.165, 1.54) is 0 Å². The third kappa shape index (κ3) is 2.63. The summed E-state index contributed by atoms with van der Waals surface area (Å²) in [5, 5.41) is 11.9. The Morgan fingerprint density at radius 3 is 2.24 bits per heavy atom. The molecule has 0 aromatic rings. The third-order valence-corrected chi connectivity index (χ3v) is 4.47. The second-order valence-corrected chi connectivity index (χ2v) is 6.05. The zero-order valence-electron chi connectivity index (χ0n) is 11.5. The molecule has 1 aliphatic carbocycles. The van der Waals surface area contributed by atoms with Crippen LogP contribution < -0.4 is 5.32 Å². The molecule has 0 aliphatic heterocycles. The van der Waals surface area contributed by atoms with Gasteiger partial charge < -0.3 is 15.2 Å². The van der Waals surface area contributed by atoms with Crippen LogP contribution in [0.4, 0.5) is 0 Å². The Bertz CT molecular complexity index is 266. The molecule has 1 unspecified atom stereocenters. The number of hydrogen-bond acceptors (Lipinski definition) is 3. The number of carbonyl (C=O) groups excluding carboxylic acids is 1. The number of amides is 1. The van der Waals surface area contributed by atoms with Gasteiger partial charge in [-0.2, -0.15) is 0 Å². The molecule has 1 aliphatic rings. The lowest BCUT2D eigenvalue weighted by molar-refractivity contribution is -0.124. The topological polar surface area (TPSA) is 58.6 Å². The summed E-state index contributed by atoms with van der Waals surface area (Å²) in [6.07, 6.45) is 0.535. The third-order valence-electron chi connectivity index (χ3n) is 4.47. The Labute approximate surface area is 104 Å². The fourth-order valence-electron chi connectivity index (χ4n) is 2.69. The molecular formula is C13H25NO3. The van der Waals surface area contributed by atoms with Gasteiger partial charge in [0.2, 0.25) is 5.91 Å². The van der Waals surface area contributed by atoms with Gasteiger partial charge in [0.15, 0.2) is 0 Å². The van der Waals surface area contributed by atoms with E-state index in [-0.39, 0.29) is 35.3 Å². The van der Waals surface area contributed by atoms with E-state index in [1.807, 2.05) is 0 Å². The van der Waals surface area contributed by atoms with Crippen LogP contribution in [0.25, 0.3) is 0 Å². The lowest BCUT2D eigenvalue weighted by atomic mass is 10.0. The number of methoxy groups -OCH3 is 1. The van der Waals surface area contributed by atoms with Crippen LogP contribution in [0.5, 0.6) is 0 Å². The molecule has 0 aromatic carbocycles. The number of nitrogens with one attached hydrogen (secondary N) is 1. The van der Waals surface area contributed by atoms with Crippen molar-refractivity contribution in [2.75, 3.05) is 20.3 Å². The first-order chi connectivity index (χ1) is 7.79. The van der Waals surface area contributed by atoms with E-state index in [9.17, 15) is 4.79 Å². The van der Waals surface area contributed by atoms with Crippen LogP contribution in [-0.4, -0.2) is 37.4 Å². The first-order valence-corrected chi connectivity index (χ1v) is 6.19. The summed E-state index contributed by atoms with van der Waals surface area (Å²) in [5.74, 6) is 0.128. The molecule has 0 bridgehead atoms. The van der Waals surface area contributed by atoms with E-state index in [2.05, 4.69) is 33.0 Å². The maximum Gasteiger partial charge on any atom is 0.224 e. The fourth-order valence-corrected chi connectivity index (χ4v) is 2.69. The Hall–Kier alpha value is -0.610. The molecule has 4 nitrogen and oxygen atoms in total. The Kier molecular flexibility index (Phi) is 4.20. The fraction of sp³-hybridized carbons (Fsp3) is 0.923. The molecule has 1 atom stereocenters. The predicted molar refractivity (Wildman–Crippen MR) is 66.6 cm³/mol. The highest BCUT2D eigenvalue weighted by molar-refractivity contribution is 5.84. The normalized spacial score (nSPS) is 23.2. The second kappa shape index (κ2) is 4.94. The summed E-state index contributed by atoms with van der Waals surface area (Å²) in [7, 11) is 1.60. The molecule has 17 heavy (non-hydrogen) atoms. The van der Waals surface area contributed by atoms with Gasteiger partial charge in [0, 0.05) is 19.6 Å². The first kappa shape index (κ1) is 14.5. The summed E-state index contributed by atoms with van der Waals surface area (Å²) in [6.45, 7) is 8.98. The summed E-state index contributed by atoms with van der Waals surface area (Å²) < 4.78 is 5.04.